The molecule has 0 aliphatic rings. The molecule has 0 radical (unpaired) electrons. The maximum absolute atomic E-state index is 11.8. The Bertz CT molecular complexity index is 440. The van der Waals surface area contributed by atoms with Crippen LogP contribution in [0.4, 0.5) is 18.9 Å². The minimum absolute atomic E-state index is 0.267. The highest BCUT2D eigenvalue weighted by Crippen LogP contribution is 2.23. The monoisotopic (exact) mass is 392 g/mol. The van der Waals surface area contributed by atoms with E-state index >= 15 is 0 Å². The first-order valence-corrected chi connectivity index (χ1v) is 6.26. The molecule has 0 aliphatic carbocycles. The van der Waals surface area contributed by atoms with E-state index in [9.17, 15) is 18.0 Å². The second-order valence-corrected chi connectivity index (χ2v) is 5.02. The number of carbonyl (C=O) groups excluding carboxylic acids is 1. The van der Waals surface area contributed by atoms with Crippen LogP contribution in [0.25, 0.3) is 0 Å². The summed E-state index contributed by atoms with van der Waals surface area (Å²) in [4.78, 5) is 11.1. The molecule has 0 heterocycles. The first-order chi connectivity index (χ1) is 8.28. The van der Waals surface area contributed by atoms with Crippen LogP contribution in [0.15, 0.2) is 18.2 Å². The van der Waals surface area contributed by atoms with Crippen molar-refractivity contribution in [3.63, 3.8) is 0 Å². The average molecular weight is 393 g/mol. The number of amides is 1. The summed E-state index contributed by atoms with van der Waals surface area (Å²) in [6.45, 7) is -1.61. The van der Waals surface area contributed by atoms with Crippen molar-refractivity contribution in [1.82, 2.24) is 5.32 Å². The van der Waals surface area contributed by atoms with Gasteiger partial charge in [0.25, 0.3) is 0 Å². The molecule has 0 bridgehead atoms. The molecule has 1 aromatic carbocycles. The molecule has 8 heteroatoms. The number of benzene rings is 1. The number of hydrogen-bond acceptors (Lipinski definition) is 2. The lowest BCUT2D eigenvalue weighted by Crippen LogP contribution is -2.37. The minimum Gasteiger partial charge on any atom is -0.375 e. The van der Waals surface area contributed by atoms with Gasteiger partial charge in [0.1, 0.15) is 6.54 Å². The zero-order chi connectivity index (χ0) is 13.8. The van der Waals surface area contributed by atoms with Crippen LogP contribution < -0.4 is 10.6 Å². The predicted octanol–water partition coefficient (Wildman–Crippen LogP) is 3.04. The van der Waals surface area contributed by atoms with Crippen LogP contribution in [0, 0.1) is 3.57 Å². The molecular formula is C10H9ClF3IN2O. The van der Waals surface area contributed by atoms with Crippen LogP contribution in [-0.2, 0) is 4.79 Å². The van der Waals surface area contributed by atoms with Crippen LogP contribution in [0.3, 0.4) is 0 Å². The number of alkyl halides is 3. The van der Waals surface area contributed by atoms with Crippen molar-refractivity contribution in [2.75, 3.05) is 18.4 Å². The van der Waals surface area contributed by atoms with E-state index in [1.165, 1.54) is 0 Å². The number of hydrogen-bond donors (Lipinski definition) is 2. The van der Waals surface area contributed by atoms with E-state index in [0.717, 1.165) is 3.57 Å². The maximum Gasteiger partial charge on any atom is 0.405 e. The van der Waals surface area contributed by atoms with Crippen LogP contribution >= 0.6 is 34.2 Å². The Kier molecular flexibility index (Phi) is 5.51. The van der Waals surface area contributed by atoms with Crippen molar-refractivity contribution < 1.29 is 18.0 Å². The molecule has 3 nitrogen and oxygen atoms in total. The topological polar surface area (TPSA) is 41.1 Å². The summed E-state index contributed by atoms with van der Waals surface area (Å²) >= 11 is 7.95. The van der Waals surface area contributed by atoms with Gasteiger partial charge >= 0.3 is 6.18 Å². The summed E-state index contributed by atoms with van der Waals surface area (Å²) in [5.41, 5.74) is 0.499. The van der Waals surface area contributed by atoms with Crippen molar-refractivity contribution in [3.8, 4) is 0 Å². The Balaban J connectivity index is 2.43. The molecule has 0 unspecified atom stereocenters. The lowest BCUT2D eigenvalue weighted by molar-refractivity contribution is -0.137. The molecule has 2 N–H and O–H groups in total. The molecule has 0 atom stereocenters. The Morgan fingerprint density at radius 3 is 2.61 bits per heavy atom. The Morgan fingerprint density at radius 1 is 1.39 bits per heavy atom. The van der Waals surface area contributed by atoms with Crippen molar-refractivity contribution in [1.29, 1.82) is 0 Å². The van der Waals surface area contributed by atoms with Gasteiger partial charge in [-0.15, -0.1) is 0 Å². The Hall–Kier alpha value is -0.700. The highest BCUT2D eigenvalue weighted by Gasteiger charge is 2.27. The molecule has 0 saturated carbocycles. The minimum atomic E-state index is -4.41. The van der Waals surface area contributed by atoms with Crippen LogP contribution in [0.1, 0.15) is 0 Å². The van der Waals surface area contributed by atoms with Gasteiger partial charge in [0.15, 0.2) is 0 Å². The van der Waals surface area contributed by atoms with Gasteiger partial charge in [-0.25, -0.2) is 0 Å². The smallest absolute Gasteiger partial charge is 0.375 e. The second-order valence-electron chi connectivity index (χ2n) is 3.37. The van der Waals surface area contributed by atoms with E-state index in [4.69, 9.17) is 11.6 Å². The standard InChI is InChI=1S/C10H9ClF3IN2O/c11-7-3-6(15)1-2-8(7)16-4-9(18)17-5-10(12,13)14/h1-3,16H,4-5H2,(H,17,18). The summed E-state index contributed by atoms with van der Waals surface area (Å²) in [5.74, 6) is -0.748. The van der Waals surface area contributed by atoms with Gasteiger partial charge in [-0.05, 0) is 40.8 Å². The zero-order valence-electron chi connectivity index (χ0n) is 8.94. The summed E-state index contributed by atoms with van der Waals surface area (Å²) in [6.07, 6.45) is -4.41. The Morgan fingerprint density at radius 2 is 2.06 bits per heavy atom. The second kappa shape index (κ2) is 6.46. The van der Waals surface area contributed by atoms with Crippen molar-refractivity contribution in [3.05, 3.63) is 26.8 Å². The first-order valence-electron chi connectivity index (χ1n) is 4.80. The van der Waals surface area contributed by atoms with Crippen molar-refractivity contribution in [2.24, 2.45) is 0 Å². The van der Waals surface area contributed by atoms with Gasteiger partial charge in [-0.3, -0.25) is 4.79 Å². The summed E-state index contributed by atoms with van der Waals surface area (Å²) in [5, 5.41) is 4.82. The van der Waals surface area contributed by atoms with E-state index in [2.05, 4.69) is 27.9 Å². The fraction of sp³-hybridized carbons (Fsp3) is 0.300. The number of rotatable bonds is 4. The Labute approximate surface area is 120 Å². The van der Waals surface area contributed by atoms with E-state index in [0.29, 0.717) is 10.7 Å². The van der Waals surface area contributed by atoms with Gasteiger partial charge in [0, 0.05) is 3.57 Å². The van der Waals surface area contributed by atoms with Crippen LogP contribution in [0.2, 0.25) is 5.02 Å². The van der Waals surface area contributed by atoms with Crippen molar-refractivity contribution in [2.45, 2.75) is 6.18 Å². The van der Waals surface area contributed by atoms with E-state index in [1.54, 1.807) is 23.5 Å². The SMILES string of the molecule is O=C(CNc1ccc(I)cc1Cl)NCC(F)(F)F. The fourth-order valence-electron chi connectivity index (χ4n) is 1.07. The summed E-state index contributed by atoms with van der Waals surface area (Å²) < 4.78 is 36.4. The average Bonchev–Trinajstić information content (AvgIpc) is 2.24. The largest absolute Gasteiger partial charge is 0.405 e. The van der Waals surface area contributed by atoms with Gasteiger partial charge in [-0.1, -0.05) is 11.6 Å². The molecule has 1 rings (SSSR count). The highest BCUT2D eigenvalue weighted by atomic mass is 127. The molecule has 0 fully saturated rings. The number of halogens is 5. The number of anilines is 1. The van der Waals surface area contributed by atoms with Gasteiger partial charge in [0.2, 0.25) is 5.91 Å². The lowest BCUT2D eigenvalue weighted by Gasteiger charge is -2.10. The maximum atomic E-state index is 11.8. The molecule has 1 aromatic rings. The third-order valence-corrected chi connectivity index (χ3v) is 2.84. The third-order valence-electron chi connectivity index (χ3n) is 1.86. The van der Waals surface area contributed by atoms with Crippen molar-refractivity contribution >= 4 is 45.8 Å². The molecule has 0 aliphatic heterocycles. The quantitative estimate of drug-likeness (QED) is 0.774. The van der Waals surface area contributed by atoms with Crippen LogP contribution in [-0.4, -0.2) is 25.2 Å². The van der Waals surface area contributed by atoms with Gasteiger partial charge < -0.3 is 10.6 Å². The summed E-state index contributed by atoms with van der Waals surface area (Å²) in [7, 11) is 0. The van der Waals surface area contributed by atoms with Crippen LogP contribution in [0.5, 0.6) is 0 Å². The zero-order valence-corrected chi connectivity index (χ0v) is 11.9. The highest BCUT2D eigenvalue weighted by molar-refractivity contribution is 14.1. The third kappa shape index (κ3) is 5.76. The van der Waals surface area contributed by atoms with E-state index in [1.807, 2.05) is 0 Å². The molecule has 0 aromatic heterocycles. The molecule has 0 saturated heterocycles. The van der Waals surface area contributed by atoms with Gasteiger partial charge in [0.05, 0.1) is 17.3 Å². The van der Waals surface area contributed by atoms with E-state index in [-0.39, 0.29) is 6.54 Å². The molecule has 0 spiro atoms. The van der Waals surface area contributed by atoms with Gasteiger partial charge in [-0.2, -0.15) is 13.2 Å². The lowest BCUT2D eigenvalue weighted by atomic mass is 10.3. The summed E-state index contributed by atoms with van der Waals surface area (Å²) in [6, 6.07) is 5.10. The number of nitrogens with one attached hydrogen (secondary N) is 2. The predicted molar refractivity (Wildman–Crippen MR) is 71.7 cm³/mol. The fourth-order valence-corrected chi connectivity index (χ4v) is 1.99. The normalized spacial score (nSPS) is 11.2. The molecule has 18 heavy (non-hydrogen) atoms. The number of carbonyl (C=O) groups is 1. The first kappa shape index (κ1) is 15.4. The molecule has 100 valence electrons. The molecule has 1 amide bonds. The molecular weight excluding hydrogens is 383 g/mol. The van der Waals surface area contributed by atoms with E-state index < -0.39 is 18.6 Å².